The lowest BCUT2D eigenvalue weighted by Crippen LogP contribution is -2.30. The molecule has 2 saturated heterocycles. The number of carbonyl (C=O) groups is 1. The van der Waals surface area contributed by atoms with E-state index < -0.39 is 0 Å². The van der Waals surface area contributed by atoms with E-state index in [0.29, 0.717) is 23.5 Å². The minimum atomic E-state index is -0.278. The Balaban J connectivity index is 1.42. The highest BCUT2D eigenvalue weighted by molar-refractivity contribution is 6.05. The molecule has 0 aromatic heterocycles. The fourth-order valence-electron chi connectivity index (χ4n) is 4.58. The maximum Gasteiger partial charge on any atom is 0.258 e. The van der Waals surface area contributed by atoms with E-state index in [2.05, 4.69) is 17.1 Å². The molecule has 4 rings (SSSR count). The van der Waals surface area contributed by atoms with E-state index >= 15 is 0 Å². The Labute approximate surface area is 184 Å². The highest BCUT2D eigenvalue weighted by Crippen LogP contribution is 2.39. The summed E-state index contributed by atoms with van der Waals surface area (Å²) >= 11 is 0. The van der Waals surface area contributed by atoms with E-state index in [1.807, 2.05) is 18.2 Å². The zero-order valence-electron chi connectivity index (χ0n) is 18.5. The van der Waals surface area contributed by atoms with Crippen molar-refractivity contribution in [3.05, 3.63) is 53.8 Å². The lowest BCUT2D eigenvalue weighted by molar-refractivity contribution is 0.0993. The average Bonchev–Trinajstić information content (AvgIpc) is 3.43. The Hall–Kier alpha value is -2.60. The van der Waals surface area contributed by atoms with Crippen LogP contribution in [0.2, 0.25) is 0 Å². The summed E-state index contributed by atoms with van der Waals surface area (Å²) in [7, 11) is 1.68. The molecular weight excluding hydrogens is 393 g/mol. The van der Waals surface area contributed by atoms with Gasteiger partial charge in [-0.3, -0.25) is 4.79 Å². The van der Waals surface area contributed by atoms with Crippen LogP contribution in [0.1, 0.15) is 43.0 Å². The number of nitrogens with zero attached hydrogens (tertiary/aromatic N) is 2. The van der Waals surface area contributed by atoms with Gasteiger partial charge >= 0.3 is 0 Å². The topological polar surface area (TPSA) is 44.8 Å². The first-order chi connectivity index (χ1) is 15.0. The highest BCUT2D eigenvalue weighted by atomic mass is 19.1. The minimum Gasteiger partial charge on any atom is -0.494 e. The Kier molecular flexibility index (Phi) is 6.46. The van der Waals surface area contributed by atoms with E-state index in [4.69, 9.17) is 4.74 Å². The number of carbonyl (C=O) groups excluding carboxylic acids is 1. The summed E-state index contributed by atoms with van der Waals surface area (Å²) in [5.74, 6) is 0.299. The number of anilines is 2. The fraction of sp³-hybridized carbons (Fsp3) is 0.480. The van der Waals surface area contributed by atoms with Crippen molar-refractivity contribution in [1.82, 2.24) is 5.32 Å². The molecular formula is C25H32FN3O2. The van der Waals surface area contributed by atoms with Crippen LogP contribution in [0.5, 0.6) is 5.75 Å². The number of hydrogen-bond donors (Lipinski definition) is 1. The Morgan fingerprint density at radius 1 is 1.23 bits per heavy atom. The molecule has 166 valence electrons. The third-order valence-electron chi connectivity index (χ3n) is 6.60. The average molecular weight is 426 g/mol. The molecule has 5 nitrogen and oxygen atoms in total. The minimum absolute atomic E-state index is 0.176. The summed E-state index contributed by atoms with van der Waals surface area (Å²) in [6.45, 7) is 6.61. The maximum atomic E-state index is 15.0. The van der Waals surface area contributed by atoms with Gasteiger partial charge in [-0.05, 0) is 68.3 Å². The first kappa shape index (κ1) is 21.6. The number of benzene rings is 2. The van der Waals surface area contributed by atoms with Gasteiger partial charge in [-0.2, -0.15) is 0 Å². The molecule has 2 heterocycles. The van der Waals surface area contributed by atoms with Gasteiger partial charge in [0.05, 0.1) is 12.3 Å². The Morgan fingerprint density at radius 2 is 2.03 bits per heavy atom. The molecule has 0 saturated carbocycles. The van der Waals surface area contributed by atoms with Crippen molar-refractivity contribution < 1.29 is 13.9 Å². The van der Waals surface area contributed by atoms with Crippen molar-refractivity contribution in [2.24, 2.45) is 5.41 Å². The second-order valence-corrected chi connectivity index (χ2v) is 8.82. The van der Waals surface area contributed by atoms with E-state index in [9.17, 15) is 9.18 Å². The smallest absolute Gasteiger partial charge is 0.258 e. The summed E-state index contributed by atoms with van der Waals surface area (Å²) in [5, 5.41) is 3.44. The van der Waals surface area contributed by atoms with Gasteiger partial charge < -0.3 is 19.9 Å². The molecule has 2 aromatic carbocycles. The van der Waals surface area contributed by atoms with Crippen molar-refractivity contribution in [1.29, 1.82) is 0 Å². The van der Waals surface area contributed by atoms with Gasteiger partial charge in [0.15, 0.2) is 0 Å². The number of rotatable bonds is 7. The van der Waals surface area contributed by atoms with Crippen LogP contribution in [0.4, 0.5) is 15.8 Å². The molecule has 2 aliphatic rings. The second-order valence-electron chi connectivity index (χ2n) is 8.82. The summed E-state index contributed by atoms with van der Waals surface area (Å²) in [5.41, 5.74) is 2.00. The molecule has 2 aromatic rings. The van der Waals surface area contributed by atoms with Crippen LogP contribution < -0.4 is 19.9 Å². The third-order valence-corrected chi connectivity index (χ3v) is 6.60. The van der Waals surface area contributed by atoms with Crippen LogP contribution in [-0.4, -0.2) is 45.7 Å². The second kappa shape index (κ2) is 9.27. The van der Waals surface area contributed by atoms with E-state index in [-0.39, 0.29) is 17.1 Å². The molecule has 0 bridgehead atoms. The molecule has 1 unspecified atom stereocenters. The lowest BCUT2D eigenvalue weighted by Gasteiger charge is -2.25. The van der Waals surface area contributed by atoms with Gasteiger partial charge in [0.1, 0.15) is 11.6 Å². The molecule has 1 amide bonds. The van der Waals surface area contributed by atoms with Gasteiger partial charge in [0.25, 0.3) is 5.91 Å². The summed E-state index contributed by atoms with van der Waals surface area (Å²) in [6.07, 6.45) is 4.33. The van der Waals surface area contributed by atoms with E-state index in [1.54, 1.807) is 25.2 Å². The number of amides is 1. The Morgan fingerprint density at radius 3 is 2.71 bits per heavy atom. The standard InChI is InChI=1S/C25H32FN3O2/c1-3-4-15-31-21-8-5-19(6-9-21)24(30)28(2)20-7-10-23(22(26)16-20)29-14-12-25(18-29)11-13-27-17-25/h5-10,16,27H,3-4,11-15,17-18H2,1-2H3. The van der Waals surface area contributed by atoms with E-state index in [1.165, 1.54) is 11.0 Å². The van der Waals surface area contributed by atoms with Crippen LogP contribution in [-0.2, 0) is 0 Å². The van der Waals surface area contributed by atoms with Crippen LogP contribution in [0.25, 0.3) is 0 Å². The number of unbranched alkanes of at least 4 members (excludes halogenated alkanes) is 1. The van der Waals surface area contributed by atoms with Gasteiger partial charge in [-0.15, -0.1) is 0 Å². The zero-order valence-corrected chi connectivity index (χ0v) is 18.5. The van der Waals surface area contributed by atoms with Gasteiger partial charge in [-0.1, -0.05) is 13.3 Å². The lowest BCUT2D eigenvalue weighted by atomic mass is 9.86. The maximum absolute atomic E-state index is 15.0. The summed E-state index contributed by atoms with van der Waals surface area (Å²) in [4.78, 5) is 16.5. The van der Waals surface area contributed by atoms with Gasteiger partial charge in [-0.25, -0.2) is 4.39 Å². The van der Waals surface area contributed by atoms with Crippen LogP contribution in [0.3, 0.4) is 0 Å². The SMILES string of the molecule is CCCCOc1ccc(C(=O)N(C)c2ccc(N3CCC4(CCNC4)C3)c(F)c2)cc1. The monoisotopic (exact) mass is 425 g/mol. The predicted octanol–water partition coefficient (Wildman–Crippen LogP) is 4.47. The fourth-order valence-corrected chi connectivity index (χ4v) is 4.58. The van der Waals surface area contributed by atoms with Gasteiger partial charge in [0.2, 0.25) is 0 Å². The van der Waals surface area contributed by atoms with Crippen LogP contribution in [0, 0.1) is 11.2 Å². The number of halogens is 1. The van der Waals surface area contributed by atoms with Crippen LogP contribution >= 0.6 is 0 Å². The Bertz CT molecular complexity index is 909. The van der Waals surface area contributed by atoms with Crippen molar-refractivity contribution in [3.8, 4) is 5.75 Å². The first-order valence-corrected chi connectivity index (χ1v) is 11.3. The summed E-state index contributed by atoms with van der Waals surface area (Å²) < 4.78 is 20.6. The van der Waals surface area contributed by atoms with Crippen molar-refractivity contribution >= 4 is 17.3 Å². The quantitative estimate of drug-likeness (QED) is 0.665. The molecule has 0 radical (unpaired) electrons. The van der Waals surface area contributed by atoms with E-state index in [0.717, 1.165) is 57.6 Å². The first-order valence-electron chi connectivity index (χ1n) is 11.3. The normalized spacial score (nSPS) is 20.4. The molecule has 1 atom stereocenters. The van der Waals surface area contributed by atoms with Crippen molar-refractivity contribution in [2.45, 2.75) is 32.6 Å². The van der Waals surface area contributed by atoms with Crippen molar-refractivity contribution in [2.75, 3.05) is 49.6 Å². The molecule has 2 aliphatic heterocycles. The zero-order chi connectivity index (χ0) is 21.8. The summed E-state index contributed by atoms with van der Waals surface area (Å²) in [6, 6.07) is 12.2. The highest BCUT2D eigenvalue weighted by Gasteiger charge is 2.40. The predicted molar refractivity (Wildman–Crippen MR) is 123 cm³/mol. The van der Waals surface area contributed by atoms with Gasteiger partial charge in [0, 0.05) is 43.3 Å². The molecule has 1 spiro atoms. The van der Waals surface area contributed by atoms with Crippen molar-refractivity contribution in [3.63, 3.8) is 0 Å². The number of nitrogens with one attached hydrogen (secondary N) is 1. The molecule has 2 fully saturated rings. The molecule has 1 N–H and O–H groups in total. The molecule has 6 heteroatoms. The molecule has 0 aliphatic carbocycles. The van der Waals surface area contributed by atoms with Crippen LogP contribution in [0.15, 0.2) is 42.5 Å². The molecule has 31 heavy (non-hydrogen) atoms. The number of hydrogen-bond acceptors (Lipinski definition) is 4. The largest absolute Gasteiger partial charge is 0.494 e. The third kappa shape index (κ3) is 4.69. The number of ether oxygens (including phenoxy) is 1.